The second kappa shape index (κ2) is 6.75. The first-order chi connectivity index (χ1) is 12.2. The van der Waals surface area contributed by atoms with Crippen LogP contribution in [-0.2, 0) is 9.59 Å². The van der Waals surface area contributed by atoms with Crippen LogP contribution in [0.5, 0.6) is 0 Å². The molecule has 0 bridgehead atoms. The largest absolute Gasteiger partial charge is 0.481 e. The van der Waals surface area contributed by atoms with E-state index in [0.29, 0.717) is 31.6 Å². The number of nitrogens with zero attached hydrogens (tertiary/aromatic N) is 2. The van der Waals surface area contributed by atoms with E-state index in [1.807, 2.05) is 0 Å². The molecule has 3 amide bonds. The van der Waals surface area contributed by atoms with Crippen LogP contribution < -0.4 is 5.32 Å². The van der Waals surface area contributed by atoms with Crippen molar-refractivity contribution < 1.29 is 23.9 Å². The average molecular weight is 384 g/mol. The number of carbonyl (C=O) groups excluding carboxylic acids is 2. The molecule has 2 aliphatic rings. The van der Waals surface area contributed by atoms with E-state index >= 15 is 0 Å². The number of hydrogen-bond donors (Lipinski definition) is 2. The zero-order valence-electron chi connectivity index (χ0n) is 14.2. The molecule has 1 aromatic carbocycles. The van der Waals surface area contributed by atoms with Crippen LogP contribution in [0.15, 0.2) is 18.2 Å². The third-order valence-electron chi connectivity index (χ3n) is 5.45. The van der Waals surface area contributed by atoms with Gasteiger partial charge in [-0.05, 0) is 31.0 Å². The average Bonchev–Trinajstić information content (AvgIpc) is 2.84. The van der Waals surface area contributed by atoms with Gasteiger partial charge >= 0.3 is 12.0 Å². The summed E-state index contributed by atoms with van der Waals surface area (Å²) in [5, 5.41) is 12.0. The Balaban J connectivity index is 1.67. The molecule has 1 aromatic rings. The van der Waals surface area contributed by atoms with Crippen molar-refractivity contribution in [1.29, 1.82) is 0 Å². The quantitative estimate of drug-likeness (QED) is 0.820. The van der Waals surface area contributed by atoms with Gasteiger partial charge in [0.1, 0.15) is 5.82 Å². The molecule has 0 radical (unpaired) electrons. The summed E-state index contributed by atoms with van der Waals surface area (Å²) in [6, 6.07) is 3.53. The molecule has 2 N–H and O–H groups in total. The normalized spacial score (nSPS) is 22.0. The number of amides is 3. The third kappa shape index (κ3) is 3.09. The molecule has 0 saturated carbocycles. The number of urea groups is 1. The number of anilines is 1. The molecule has 0 aromatic heterocycles. The lowest BCUT2D eigenvalue weighted by Crippen LogP contribution is -2.57. The SMILES string of the molecule is CN1C(=O)C[C@H](C(=O)O)C12CCN(C(=O)Nc1ccc(F)c(Cl)c1)CC2. The molecule has 3 rings (SSSR count). The van der Waals surface area contributed by atoms with Crippen molar-refractivity contribution in [2.24, 2.45) is 5.92 Å². The lowest BCUT2D eigenvalue weighted by atomic mass is 9.77. The van der Waals surface area contributed by atoms with Crippen LogP contribution >= 0.6 is 11.6 Å². The maximum absolute atomic E-state index is 13.2. The molecular formula is C17H19ClFN3O4. The molecule has 0 unspecified atom stereocenters. The van der Waals surface area contributed by atoms with Crippen LogP contribution in [0.25, 0.3) is 0 Å². The molecule has 1 atom stereocenters. The fourth-order valence-electron chi connectivity index (χ4n) is 3.86. The smallest absolute Gasteiger partial charge is 0.321 e. The molecule has 9 heteroatoms. The van der Waals surface area contributed by atoms with Crippen molar-refractivity contribution in [2.75, 3.05) is 25.5 Å². The van der Waals surface area contributed by atoms with E-state index in [1.54, 1.807) is 11.9 Å². The topological polar surface area (TPSA) is 90.0 Å². The summed E-state index contributed by atoms with van der Waals surface area (Å²) in [7, 11) is 1.63. The molecule has 2 aliphatic heterocycles. The highest BCUT2D eigenvalue weighted by Crippen LogP contribution is 2.42. The highest BCUT2D eigenvalue weighted by molar-refractivity contribution is 6.31. The van der Waals surface area contributed by atoms with Crippen LogP contribution in [0.1, 0.15) is 19.3 Å². The Kier molecular flexibility index (Phi) is 4.79. The second-order valence-electron chi connectivity index (χ2n) is 6.70. The number of aliphatic carboxylic acids is 1. The molecule has 140 valence electrons. The van der Waals surface area contributed by atoms with Gasteiger partial charge in [-0.2, -0.15) is 0 Å². The highest BCUT2D eigenvalue weighted by atomic mass is 35.5. The van der Waals surface area contributed by atoms with E-state index in [4.69, 9.17) is 11.6 Å². The van der Waals surface area contributed by atoms with Crippen LogP contribution in [0.4, 0.5) is 14.9 Å². The van der Waals surface area contributed by atoms with E-state index in [0.717, 1.165) is 0 Å². The number of carbonyl (C=O) groups is 3. The molecule has 2 fully saturated rings. The Labute approximate surface area is 154 Å². The third-order valence-corrected chi connectivity index (χ3v) is 5.74. The minimum absolute atomic E-state index is 0.00783. The highest BCUT2D eigenvalue weighted by Gasteiger charge is 2.55. The van der Waals surface area contributed by atoms with Crippen molar-refractivity contribution in [3.8, 4) is 0 Å². The summed E-state index contributed by atoms with van der Waals surface area (Å²) >= 11 is 5.71. The standard InChI is InChI=1S/C17H19ClFN3O4/c1-21-14(23)9-11(15(24)25)17(21)4-6-22(7-5-17)16(26)20-10-2-3-13(19)12(18)8-10/h2-3,8,11H,4-7,9H2,1H3,(H,20,26)(H,24,25)/t11-/m1/s1. The first-order valence-electron chi connectivity index (χ1n) is 8.25. The molecule has 0 aliphatic carbocycles. The number of likely N-dealkylation sites (tertiary alicyclic amines) is 2. The summed E-state index contributed by atoms with van der Waals surface area (Å²) in [5.74, 6) is -2.50. The first-order valence-corrected chi connectivity index (χ1v) is 8.63. The Hall–Kier alpha value is -2.35. The van der Waals surface area contributed by atoms with E-state index < -0.39 is 23.2 Å². The van der Waals surface area contributed by atoms with Gasteiger partial charge in [-0.3, -0.25) is 9.59 Å². The maximum Gasteiger partial charge on any atom is 0.321 e. The van der Waals surface area contributed by atoms with Crippen LogP contribution in [0.2, 0.25) is 5.02 Å². The zero-order chi connectivity index (χ0) is 19.1. The molecular weight excluding hydrogens is 365 g/mol. The van der Waals surface area contributed by atoms with Gasteiger partial charge in [-0.25, -0.2) is 9.18 Å². The van der Waals surface area contributed by atoms with Gasteiger partial charge in [0.05, 0.1) is 16.5 Å². The minimum Gasteiger partial charge on any atom is -0.481 e. The van der Waals surface area contributed by atoms with Crippen LogP contribution in [-0.4, -0.2) is 58.5 Å². The number of benzene rings is 1. The van der Waals surface area contributed by atoms with Crippen molar-refractivity contribution in [3.05, 3.63) is 29.0 Å². The molecule has 1 spiro atoms. The number of piperidine rings is 1. The first kappa shape index (κ1) is 18.4. The predicted molar refractivity (Wildman–Crippen MR) is 92.5 cm³/mol. The van der Waals surface area contributed by atoms with Crippen molar-refractivity contribution >= 4 is 35.2 Å². The Morgan fingerprint density at radius 1 is 1.35 bits per heavy atom. The lowest BCUT2D eigenvalue weighted by Gasteiger charge is -2.45. The van der Waals surface area contributed by atoms with Crippen molar-refractivity contribution in [3.63, 3.8) is 0 Å². The minimum atomic E-state index is -0.985. The fraction of sp³-hybridized carbons (Fsp3) is 0.471. The van der Waals surface area contributed by atoms with Crippen molar-refractivity contribution in [1.82, 2.24) is 9.80 Å². The number of carboxylic acid groups (broad SMARTS) is 1. The summed E-state index contributed by atoms with van der Waals surface area (Å²) in [6.45, 7) is 0.643. The predicted octanol–water partition coefficient (Wildman–Crippen LogP) is 2.41. The monoisotopic (exact) mass is 383 g/mol. The molecule has 26 heavy (non-hydrogen) atoms. The van der Waals surface area contributed by atoms with Gasteiger partial charge in [-0.1, -0.05) is 11.6 Å². The number of rotatable bonds is 2. The molecule has 2 heterocycles. The molecule has 2 saturated heterocycles. The summed E-state index contributed by atoms with van der Waals surface area (Å²) < 4.78 is 13.2. The Morgan fingerprint density at radius 3 is 2.58 bits per heavy atom. The molecule has 7 nitrogen and oxygen atoms in total. The van der Waals surface area contributed by atoms with Gasteiger partial charge in [-0.15, -0.1) is 0 Å². The van der Waals surface area contributed by atoms with E-state index in [-0.39, 0.29) is 23.4 Å². The van der Waals surface area contributed by atoms with E-state index in [1.165, 1.54) is 23.1 Å². The second-order valence-corrected chi connectivity index (χ2v) is 7.10. The number of carboxylic acids is 1. The van der Waals surface area contributed by atoms with E-state index in [9.17, 15) is 23.9 Å². The van der Waals surface area contributed by atoms with Gasteiger partial charge in [0.2, 0.25) is 5.91 Å². The van der Waals surface area contributed by atoms with Crippen LogP contribution in [0, 0.1) is 11.7 Å². The summed E-state index contributed by atoms with van der Waals surface area (Å²) in [4.78, 5) is 39.1. The van der Waals surface area contributed by atoms with Gasteiger partial charge in [0, 0.05) is 32.2 Å². The summed E-state index contributed by atoms with van der Waals surface area (Å²) in [5.41, 5.74) is -0.378. The van der Waals surface area contributed by atoms with Gasteiger partial charge in [0.15, 0.2) is 0 Å². The fourth-order valence-corrected chi connectivity index (χ4v) is 4.04. The number of halogens is 2. The van der Waals surface area contributed by atoms with Crippen LogP contribution in [0.3, 0.4) is 0 Å². The lowest BCUT2D eigenvalue weighted by molar-refractivity contribution is -0.145. The number of hydrogen-bond acceptors (Lipinski definition) is 3. The Bertz CT molecular complexity index is 764. The van der Waals surface area contributed by atoms with E-state index in [2.05, 4.69) is 5.32 Å². The van der Waals surface area contributed by atoms with Crippen molar-refractivity contribution in [2.45, 2.75) is 24.8 Å². The summed E-state index contributed by atoms with van der Waals surface area (Å²) in [6.07, 6.45) is 0.777. The van der Waals surface area contributed by atoms with Gasteiger partial charge in [0.25, 0.3) is 0 Å². The number of nitrogens with one attached hydrogen (secondary N) is 1. The maximum atomic E-state index is 13.2. The van der Waals surface area contributed by atoms with Gasteiger partial charge < -0.3 is 20.2 Å². The zero-order valence-corrected chi connectivity index (χ0v) is 14.9. The Morgan fingerprint density at radius 2 is 2.00 bits per heavy atom.